The molecule has 4 aromatic rings. The standard InChI is InChI=1S/C17H11ClN4O2/c18-11-8-6-10(7-9-11)15-13-14(16(19)24-21-17(13)23)20-22(15)12-4-2-1-3-5-12/h1-9,19H,(H,21,23). The predicted molar refractivity (Wildman–Crippen MR) is 90.3 cm³/mol. The first-order chi connectivity index (χ1) is 11.6. The lowest BCUT2D eigenvalue weighted by Crippen LogP contribution is -2.13. The predicted octanol–water partition coefficient (Wildman–Crippen LogP) is 3.11. The van der Waals surface area contributed by atoms with E-state index in [1.807, 2.05) is 42.5 Å². The zero-order valence-electron chi connectivity index (χ0n) is 12.3. The molecule has 0 spiro atoms. The summed E-state index contributed by atoms with van der Waals surface area (Å²) in [4.78, 5) is 12.3. The van der Waals surface area contributed by atoms with Gasteiger partial charge in [-0.15, -0.1) is 0 Å². The van der Waals surface area contributed by atoms with Crippen LogP contribution >= 0.6 is 11.6 Å². The van der Waals surface area contributed by atoms with Crippen LogP contribution in [0.2, 0.25) is 5.02 Å². The number of aromatic nitrogens is 3. The molecule has 0 atom stereocenters. The first-order valence-corrected chi connectivity index (χ1v) is 7.53. The zero-order valence-corrected chi connectivity index (χ0v) is 13.0. The molecule has 0 amide bonds. The molecule has 4 rings (SSSR count). The summed E-state index contributed by atoms with van der Waals surface area (Å²) >= 11 is 5.97. The fraction of sp³-hybridized carbons (Fsp3) is 0. The number of nitrogens with one attached hydrogen (secondary N) is 2. The Labute approximate surface area is 140 Å². The van der Waals surface area contributed by atoms with Crippen LogP contribution in [0, 0.1) is 5.41 Å². The number of benzene rings is 2. The first kappa shape index (κ1) is 14.5. The first-order valence-electron chi connectivity index (χ1n) is 7.15. The van der Waals surface area contributed by atoms with Gasteiger partial charge in [0, 0.05) is 10.6 Å². The van der Waals surface area contributed by atoms with Crippen LogP contribution in [-0.2, 0) is 0 Å². The van der Waals surface area contributed by atoms with E-state index < -0.39 is 5.56 Å². The van der Waals surface area contributed by atoms with Gasteiger partial charge < -0.3 is 4.52 Å². The van der Waals surface area contributed by atoms with Crippen molar-refractivity contribution in [2.45, 2.75) is 0 Å². The lowest BCUT2D eigenvalue weighted by Gasteiger charge is -2.07. The molecule has 0 bridgehead atoms. The van der Waals surface area contributed by atoms with Crippen LogP contribution in [0.4, 0.5) is 0 Å². The molecule has 0 saturated heterocycles. The third kappa shape index (κ3) is 2.24. The lowest BCUT2D eigenvalue weighted by atomic mass is 10.1. The number of rotatable bonds is 2. The highest BCUT2D eigenvalue weighted by Crippen LogP contribution is 2.28. The van der Waals surface area contributed by atoms with Crippen LogP contribution in [0.1, 0.15) is 0 Å². The number of hydrogen-bond acceptors (Lipinski definition) is 4. The number of H-pyrrole nitrogens is 1. The quantitative estimate of drug-likeness (QED) is 0.588. The van der Waals surface area contributed by atoms with Crippen LogP contribution in [-0.4, -0.2) is 14.9 Å². The van der Waals surface area contributed by atoms with E-state index in [1.165, 1.54) is 0 Å². The van der Waals surface area contributed by atoms with E-state index in [2.05, 4.69) is 10.3 Å². The van der Waals surface area contributed by atoms with Crippen molar-refractivity contribution in [1.82, 2.24) is 14.9 Å². The van der Waals surface area contributed by atoms with Gasteiger partial charge in [0.05, 0.1) is 11.4 Å². The molecule has 7 heteroatoms. The highest BCUT2D eigenvalue weighted by atomic mass is 35.5. The summed E-state index contributed by atoms with van der Waals surface area (Å²) in [6.45, 7) is 0. The molecule has 118 valence electrons. The molecule has 0 aliphatic rings. The number of fused-ring (bicyclic) bond motifs is 1. The number of para-hydroxylation sites is 1. The molecule has 2 aromatic carbocycles. The molecule has 0 unspecified atom stereocenters. The molecule has 0 radical (unpaired) electrons. The maximum absolute atomic E-state index is 12.3. The largest absolute Gasteiger partial charge is 0.357 e. The SMILES string of the molecule is N=c1o[nH]c(=O)c2c(-c3ccc(Cl)cc3)n(-c3ccccc3)nc12. The minimum atomic E-state index is -0.437. The van der Waals surface area contributed by atoms with Gasteiger partial charge in [0.25, 0.3) is 11.1 Å². The Kier molecular flexibility index (Phi) is 3.32. The maximum Gasteiger partial charge on any atom is 0.288 e. The molecule has 0 fully saturated rings. The second kappa shape index (κ2) is 5.50. The maximum atomic E-state index is 12.3. The summed E-state index contributed by atoms with van der Waals surface area (Å²) in [5.41, 5.74) is 1.69. The van der Waals surface area contributed by atoms with Crippen LogP contribution in [0.3, 0.4) is 0 Å². The number of halogens is 1. The second-order valence-corrected chi connectivity index (χ2v) is 5.63. The van der Waals surface area contributed by atoms with Crippen molar-refractivity contribution >= 4 is 22.5 Å². The molecule has 0 saturated carbocycles. The van der Waals surface area contributed by atoms with E-state index in [-0.39, 0.29) is 11.1 Å². The number of nitrogens with zero attached hydrogens (tertiary/aromatic N) is 2. The average Bonchev–Trinajstić information content (AvgIpc) is 3.01. The van der Waals surface area contributed by atoms with Gasteiger partial charge in [0.1, 0.15) is 5.39 Å². The Morgan fingerprint density at radius 3 is 2.50 bits per heavy atom. The molecule has 2 heterocycles. The fourth-order valence-corrected chi connectivity index (χ4v) is 2.75. The second-order valence-electron chi connectivity index (χ2n) is 5.19. The third-order valence-corrected chi connectivity index (χ3v) is 3.94. The van der Waals surface area contributed by atoms with Crippen molar-refractivity contribution in [2.75, 3.05) is 0 Å². The molecule has 0 aliphatic carbocycles. The van der Waals surface area contributed by atoms with Gasteiger partial charge in [0.15, 0.2) is 5.52 Å². The number of aromatic amines is 1. The lowest BCUT2D eigenvalue weighted by molar-refractivity contribution is 0.353. The van der Waals surface area contributed by atoms with Crippen molar-refractivity contribution in [3.63, 3.8) is 0 Å². The van der Waals surface area contributed by atoms with Gasteiger partial charge in [-0.25, -0.2) is 4.68 Å². The fourth-order valence-electron chi connectivity index (χ4n) is 2.62. The van der Waals surface area contributed by atoms with Gasteiger partial charge in [-0.1, -0.05) is 41.9 Å². The molecular weight excluding hydrogens is 328 g/mol. The van der Waals surface area contributed by atoms with Crippen molar-refractivity contribution in [1.29, 1.82) is 5.41 Å². The van der Waals surface area contributed by atoms with Gasteiger partial charge >= 0.3 is 0 Å². The summed E-state index contributed by atoms with van der Waals surface area (Å²) in [5.74, 6) is 0. The Balaban J connectivity index is 2.16. The highest BCUT2D eigenvalue weighted by Gasteiger charge is 2.19. The van der Waals surface area contributed by atoms with Crippen molar-refractivity contribution in [2.24, 2.45) is 0 Å². The van der Waals surface area contributed by atoms with Crippen molar-refractivity contribution in [3.05, 3.63) is 75.5 Å². The Hall–Kier alpha value is -3.12. The van der Waals surface area contributed by atoms with E-state index in [1.54, 1.807) is 16.8 Å². The monoisotopic (exact) mass is 338 g/mol. The van der Waals surface area contributed by atoms with E-state index in [0.717, 1.165) is 11.3 Å². The Morgan fingerprint density at radius 1 is 1.08 bits per heavy atom. The smallest absolute Gasteiger partial charge is 0.288 e. The Morgan fingerprint density at radius 2 is 1.79 bits per heavy atom. The van der Waals surface area contributed by atoms with Gasteiger partial charge in [-0.3, -0.25) is 10.2 Å². The zero-order chi connectivity index (χ0) is 16.7. The third-order valence-electron chi connectivity index (χ3n) is 3.69. The number of hydrogen-bond donors (Lipinski definition) is 2. The minimum Gasteiger partial charge on any atom is -0.357 e. The Bertz CT molecular complexity index is 1140. The molecule has 6 nitrogen and oxygen atoms in total. The van der Waals surface area contributed by atoms with Gasteiger partial charge in [-0.2, -0.15) is 10.3 Å². The summed E-state index contributed by atoms with van der Waals surface area (Å²) < 4.78 is 6.50. The van der Waals surface area contributed by atoms with Gasteiger partial charge in [-0.05, 0) is 24.3 Å². The van der Waals surface area contributed by atoms with Crippen LogP contribution in [0.25, 0.3) is 27.8 Å². The molecule has 2 N–H and O–H groups in total. The minimum absolute atomic E-state index is 0.200. The highest BCUT2D eigenvalue weighted by molar-refractivity contribution is 6.30. The normalized spacial score (nSPS) is 11.0. The summed E-state index contributed by atoms with van der Waals surface area (Å²) in [7, 11) is 0. The van der Waals surface area contributed by atoms with E-state index in [0.29, 0.717) is 16.1 Å². The van der Waals surface area contributed by atoms with Crippen LogP contribution < -0.4 is 11.1 Å². The summed E-state index contributed by atoms with van der Waals surface area (Å²) in [6, 6.07) is 16.5. The van der Waals surface area contributed by atoms with Crippen molar-refractivity contribution in [3.8, 4) is 16.9 Å². The van der Waals surface area contributed by atoms with Crippen LogP contribution in [0.5, 0.6) is 0 Å². The summed E-state index contributed by atoms with van der Waals surface area (Å²) in [6.07, 6.45) is 0. The van der Waals surface area contributed by atoms with E-state index in [9.17, 15) is 4.79 Å². The molecule has 0 aliphatic heterocycles. The van der Waals surface area contributed by atoms with E-state index in [4.69, 9.17) is 21.5 Å². The van der Waals surface area contributed by atoms with E-state index >= 15 is 0 Å². The van der Waals surface area contributed by atoms with Crippen LogP contribution in [0.15, 0.2) is 63.9 Å². The molecule has 2 aromatic heterocycles. The molecule has 24 heavy (non-hydrogen) atoms. The summed E-state index contributed by atoms with van der Waals surface area (Å²) in [5, 5.41) is 15.5. The average molecular weight is 339 g/mol. The topological polar surface area (TPSA) is 87.7 Å². The van der Waals surface area contributed by atoms with Crippen molar-refractivity contribution < 1.29 is 4.52 Å². The van der Waals surface area contributed by atoms with Gasteiger partial charge in [0.2, 0.25) is 0 Å². The molecular formula is C17H11ClN4O2.